The van der Waals surface area contributed by atoms with Crippen LogP contribution in [0.25, 0.3) is 0 Å². The van der Waals surface area contributed by atoms with Crippen molar-refractivity contribution in [2.45, 2.75) is 38.2 Å². The molecule has 0 amide bonds. The molecule has 0 aromatic heterocycles. The Morgan fingerprint density at radius 3 is 2.59 bits per heavy atom. The van der Waals surface area contributed by atoms with E-state index in [1.54, 1.807) is 0 Å². The highest BCUT2D eigenvalue weighted by atomic mass is 16.3. The maximum absolute atomic E-state index is 10.4. The van der Waals surface area contributed by atoms with Gasteiger partial charge in [-0.1, -0.05) is 49.6 Å². The molecule has 2 rings (SSSR count). The van der Waals surface area contributed by atoms with Gasteiger partial charge in [-0.3, -0.25) is 0 Å². The lowest BCUT2D eigenvalue weighted by atomic mass is 9.83. The molecular formula is C15H23NO. The van der Waals surface area contributed by atoms with Crippen LogP contribution in [0.1, 0.15) is 38.2 Å². The van der Waals surface area contributed by atoms with E-state index < -0.39 is 5.60 Å². The minimum absolute atomic E-state index is 0.629. The summed E-state index contributed by atoms with van der Waals surface area (Å²) in [7, 11) is 0. The van der Waals surface area contributed by atoms with E-state index in [9.17, 15) is 5.11 Å². The van der Waals surface area contributed by atoms with Gasteiger partial charge in [-0.15, -0.1) is 0 Å². The molecule has 1 saturated carbocycles. The molecule has 1 aromatic carbocycles. The number of rotatable bonds is 6. The Bertz CT molecular complexity index is 330. The molecule has 0 heterocycles. The van der Waals surface area contributed by atoms with Crippen molar-refractivity contribution >= 4 is 0 Å². The average Bonchev–Trinajstić information content (AvgIpc) is 2.27. The highest BCUT2D eigenvalue weighted by molar-refractivity contribution is 5.21. The molecule has 2 nitrogen and oxygen atoms in total. The molecule has 17 heavy (non-hydrogen) atoms. The average molecular weight is 233 g/mol. The Kier molecular flexibility index (Phi) is 4.19. The fourth-order valence-corrected chi connectivity index (χ4v) is 2.32. The van der Waals surface area contributed by atoms with Gasteiger partial charge in [0, 0.05) is 6.54 Å². The van der Waals surface area contributed by atoms with E-state index in [4.69, 9.17) is 0 Å². The highest BCUT2D eigenvalue weighted by Crippen LogP contribution is 2.28. The van der Waals surface area contributed by atoms with Crippen molar-refractivity contribution in [3.05, 3.63) is 35.9 Å². The second kappa shape index (κ2) is 5.65. The van der Waals surface area contributed by atoms with Crippen LogP contribution in [0.5, 0.6) is 0 Å². The van der Waals surface area contributed by atoms with Crippen LogP contribution in [-0.2, 0) is 5.60 Å². The Hall–Kier alpha value is -0.860. The Morgan fingerprint density at radius 1 is 1.29 bits per heavy atom. The first-order valence-electron chi connectivity index (χ1n) is 6.67. The van der Waals surface area contributed by atoms with Crippen molar-refractivity contribution in [2.24, 2.45) is 5.92 Å². The number of aliphatic hydroxyl groups is 1. The van der Waals surface area contributed by atoms with E-state index in [0.29, 0.717) is 6.54 Å². The predicted octanol–water partition coefficient (Wildman–Crippen LogP) is 2.67. The SMILES string of the molecule is CC(O)(CNCCC1CCC1)c1ccccc1. The van der Waals surface area contributed by atoms with Crippen molar-refractivity contribution in [1.82, 2.24) is 5.32 Å². The van der Waals surface area contributed by atoms with E-state index in [2.05, 4.69) is 5.32 Å². The van der Waals surface area contributed by atoms with Gasteiger partial charge < -0.3 is 10.4 Å². The third-order valence-electron chi connectivity index (χ3n) is 3.82. The lowest BCUT2D eigenvalue weighted by molar-refractivity contribution is 0.0564. The fourth-order valence-electron chi connectivity index (χ4n) is 2.32. The molecule has 1 aliphatic carbocycles. The van der Waals surface area contributed by atoms with E-state index >= 15 is 0 Å². The largest absolute Gasteiger partial charge is 0.384 e. The Balaban J connectivity index is 1.73. The first-order valence-corrected chi connectivity index (χ1v) is 6.67. The summed E-state index contributed by atoms with van der Waals surface area (Å²) in [6.07, 6.45) is 5.46. The molecule has 1 aliphatic rings. The molecule has 0 bridgehead atoms. The minimum Gasteiger partial charge on any atom is -0.384 e. The molecule has 1 unspecified atom stereocenters. The normalized spacial score (nSPS) is 19.6. The van der Waals surface area contributed by atoms with E-state index in [-0.39, 0.29) is 0 Å². The summed E-state index contributed by atoms with van der Waals surface area (Å²) >= 11 is 0. The van der Waals surface area contributed by atoms with Crippen LogP contribution < -0.4 is 5.32 Å². The van der Waals surface area contributed by atoms with Crippen molar-refractivity contribution in [1.29, 1.82) is 0 Å². The van der Waals surface area contributed by atoms with E-state index in [1.165, 1.54) is 25.7 Å². The zero-order valence-electron chi connectivity index (χ0n) is 10.7. The van der Waals surface area contributed by atoms with Gasteiger partial charge in [0.2, 0.25) is 0 Å². The molecule has 2 heteroatoms. The number of hydrogen-bond donors (Lipinski definition) is 2. The van der Waals surface area contributed by atoms with Gasteiger partial charge in [-0.2, -0.15) is 0 Å². The Morgan fingerprint density at radius 2 is 2.00 bits per heavy atom. The van der Waals surface area contributed by atoms with Gasteiger partial charge in [0.15, 0.2) is 0 Å². The molecule has 2 N–H and O–H groups in total. The molecule has 1 aromatic rings. The smallest absolute Gasteiger partial charge is 0.0992 e. The molecule has 0 radical (unpaired) electrons. The third-order valence-corrected chi connectivity index (χ3v) is 3.82. The second-order valence-corrected chi connectivity index (χ2v) is 5.40. The molecule has 0 aliphatic heterocycles. The van der Waals surface area contributed by atoms with Gasteiger partial charge in [-0.05, 0) is 31.4 Å². The summed E-state index contributed by atoms with van der Waals surface area (Å²) in [4.78, 5) is 0. The van der Waals surface area contributed by atoms with Crippen LogP contribution in [0.2, 0.25) is 0 Å². The first-order chi connectivity index (χ1) is 8.18. The monoisotopic (exact) mass is 233 g/mol. The number of hydrogen-bond acceptors (Lipinski definition) is 2. The molecular weight excluding hydrogens is 210 g/mol. The summed E-state index contributed by atoms with van der Waals surface area (Å²) in [6, 6.07) is 9.88. The molecule has 0 saturated heterocycles. The zero-order chi connectivity index (χ0) is 12.1. The summed E-state index contributed by atoms with van der Waals surface area (Å²) in [6.45, 7) is 3.52. The van der Waals surface area contributed by atoms with Gasteiger partial charge in [0.05, 0.1) is 5.60 Å². The lowest BCUT2D eigenvalue weighted by Crippen LogP contribution is -2.36. The lowest BCUT2D eigenvalue weighted by Gasteiger charge is -2.27. The summed E-state index contributed by atoms with van der Waals surface area (Å²) in [5.41, 5.74) is 0.220. The van der Waals surface area contributed by atoms with Gasteiger partial charge in [-0.25, -0.2) is 0 Å². The van der Waals surface area contributed by atoms with Crippen LogP contribution in [-0.4, -0.2) is 18.2 Å². The zero-order valence-corrected chi connectivity index (χ0v) is 10.7. The maximum Gasteiger partial charge on any atom is 0.0992 e. The van der Waals surface area contributed by atoms with E-state index in [1.807, 2.05) is 37.3 Å². The van der Waals surface area contributed by atoms with Crippen molar-refractivity contribution in [2.75, 3.05) is 13.1 Å². The Labute approximate surface area is 104 Å². The maximum atomic E-state index is 10.4. The molecule has 0 spiro atoms. The minimum atomic E-state index is -0.763. The third kappa shape index (κ3) is 3.55. The van der Waals surface area contributed by atoms with Gasteiger partial charge in [0.1, 0.15) is 0 Å². The van der Waals surface area contributed by atoms with Crippen molar-refractivity contribution in [3.8, 4) is 0 Å². The van der Waals surface area contributed by atoms with E-state index in [0.717, 1.165) is 18.0 Å². The number of benzene rings is 1. The summed E-state index contributed by atoms with van der Waals surface area (Å²) < 4.78 is 0. The van der Waals surface area contributed by atoms with Crippen LogP contribution >= 0.6 is 0 Å². The van der Waals surface area contributed by atoms with Crippen LogP contribution in [0.15, 0.2) is 30.3 Å². The van der Waals surface area contributed by atoms with Crippen molar-refractivity contribution < 1.29 is 5.11 Å². The fraction of sp³-hybridized carbons (Fsp3) is 0.600. The number of nitrogens with one attached hydrogen (secondary N) is 1. The first kappa shape index (κ1) is 12.6. The standard InChI is InChI=1S/C15H23NO/c1-15(17,14-8-3-2-4-9-14)12-16-11-10-13-6-5-7-13/h2-4,8-9,13,16-17H,5-7,10-12H2,1H3. The summed E-state index contributed by atoms with van der Waals surface area (Å²) in [5.74, 6) is 0.934. The van der Waals surface area contributed by atoms with Gasteiger partial charge >= 0.3 is 0 Å². The summed E-state index contributed by atoms with van der Waals surface area (Å²) in [5, 5.41) is 13.7. The van der Waals surface area contributed by atoms with Crippen LogP contribution in [0.4, 0.5) is 0 Å². The van der Waals surface area contributed by atoms with Crippen LogP contribution in [0.3, 0.4) is 0 Å². The predicted molar refractivity (Wildman–Crippen MR) is 70.8 cm³/mol. The second-order valence-electron chi connectivity index (χ2n) is 5.40. The molecule has 94 valence electrons. The molecule has 1 fully saturated rings. The van der Waals surface area contributed by atoms with Gasteiger partial charge in [0.25, 0.3) is 0 Å². The van der Waals surface area contributed by atoms with Crippen molar-refractivity contribution in [3.63, 3.8) is 0 Å². The highest BCUT2D eigenvalue weighted by Gasteiger charge is 2.22. The topological polar surface area (TPSA) is 32.3 Å². The van der Waals surface area contributed by atoms with Crippen LogP contribution in [0, 0.1) is 5.92 Å². The quantitative estimate of drug-likeness (QED) is 0.740. The molecule has 1 atom stereocenters.